The average Bonchev–Trinajstić information content (AvgIpc) is 2.72. The number of piperidine rings is 1. The zero-order valence-electron chi connectivity index (χ0n) is 14.9. The SMILES string of the molecule is CNC(=O)C1CCCCN1C(=O)c1ccc(CSc2ccccn2)cc1. The summed E-state index contributed by atoms with van der Waals surface area (Å²) in [5.74, 6) is 0.652. The van der Waals surface area contributed by atoms with Crippen LogP contribution < -0.4 is 5.32 Å². The van der Waals surface area contributed by atoms with E-state index in [1.165, 1.54) is 0 Å². The van der Waals surface area contributed by atoms with Crippen molar-refractivity contribution < 1.29 is 9.59 Å². The van der Waals surface area contributed by atoms with E-state index in [0.29, 0.717) is 12.1 Å². The van der Waals surface area contributed by atoms with Crippen molar-refractivity contribution in [3.63, 3.8) is 0 Å². The predicted octanol–water partition coefficient (Wildman–Crippen LogP) is 3.11. The van der Waals surface area contributed by atoms with Gasteiger partial charge in [0.25, 0.3) is 5.91 Å². The molecular weight excluding hydrogens is 346 g/mol. The summed E-state index contributed by atoms with van der Waals surface area (Å²) in [6.07, 6.45) is 4.43. The predicted molar refractivity (Wildman–Crippen MR) is 103 cm³/mol. The molecule has 2 amide bonds. The lowest BCUT2D eigenvalue weighted by Crippen LogP contribution is -2.51. The second kappa shape index (κ2) is 8.85. The molecule has 26 heavy (non-hydrogen) atoms. The molecule has 1 saturated heterocycles. The third-order valence-electron chi connectivity index (χ3n) is 4.54. The third-order valence-corrected chi connectivity index (χ3v) is 5.55. The molecule has 0 radical (unpaired) electrons. The summed E-state index contributed by atoms with van der Waals surface area (Å²) < 4.78 is 0. The number of rotatable bonds is 5. The van der Waals surface area contributed by atoms with Crippen molar-refractivity contribution in [3.8, 4) is 0 Å². The van der Waals surface area contributed by atoms with E-state index in [0.717, 1.165) is 35.6 Å². The van der Waals surface area contributed by atoms with Gasteiger partial charge in [0.15, 0.2) is 0 Å². The molecule has 2 heterocycles. The number of benzene rings is 1. The lowest BCUT2D eigenvalue weighted by atomic mass is 10.00. The monoisotopic (exact) mass is 369 g/mol. The van der Waals surface area contributed by atoms with Crippen LogP contribution in [0.4, 0.5) is 0 Å². The number of pyridine rings is 1. The fraction of sp³-hybridized carbons (Fsp3) is 0.350. The Bertz CT molecular complexity index is 749. The molecule has 2 aromatic rings. The smallest absolute Gasteiger partial charge is 0.254 e. The van der Waals surface area contributed by atoms with E-state index in [1.54, 1.807) is 29.9 Å². The minimum atomic E-state index is -0.361. The van der Waals surface area contributed by atoms with E-state index < -0.39 is 0 Å². The Balaban J connectivity index is 1.65. The number of aromatic nitrogens is 1. The van der Waals surface area contributed by atoms with Gasteiger partial charge in [0.05, 0.1) is 5.03 Å². The quantitative estimate of drug-likeness (QED) is 0.823. The zero-order chi connectivity index (χ0) is 18.4. The Morgan fingerprint density at radius 3 is 2.69 bits per heavy atom. The van der Waals surface area contributed by atoms with Gasteiger partial charge in [-0.05, 0) is 49.1 Å². The second-order valence-electron chi connectivity index (χ2n) is 6.28. The number of nitrogens with zero attached hydrogens (tertiary/aromatic N) is 2. The minimum absolute atomic E-state index is 0.0674. The molecule has 1 aromatic carbocycles. The first-order valence-electron chi connectivity index (χ1n) is 8.84. The van der Waals surface area contributed by atoms with E-state index >= 15 is 0 Å². The number of hydrogen-bond acceptors (Lipinski definition) is 4. The molecule has 1 aromatic heterocycles. The number of nitrogens with one attached hydrogen (secondary N) is 1. The number of carbonyl (C=O) groups is 2. The van der Waals surface area contributed by atoms with Crippen LogP contribution in [0.1, 0.15) is 35.2 Å². The number of carbonyl (C=O) groups excluding carboxylic acids is 2. The van der Waals surface area contributed by atoms with E-state index in [4.69, 9.17) is 0 Å². The minimum Gasteiger partial charge on any atom is -0.357 e. The van der Waals surface area contributed by atoms with Gasteiger partial charge >= 0.3 is 0 Å². The number of amides is 2. The first-order chi connectivity index (χ1) is 12.7. The molecule has 1 atom stereocenters. The second-order valence-corrected chi connectivity index (χ2v) is 7.27. The maximum absolute atomic E-state index is 12.9. The summed E-state index contributed by atoms with van der Waals surface area (Å²) in [6, 6.07) is 13.1. The molecule has 1 unspecified atom stereocenters. The van der Waals surface area contributed by atoms with Gasteiger partial charge in [0.2, 0.25) is 5.91 Å². The van der Waals surface area contributed by atoms with Crippen LogP contribution in [-0.4, -0.2) is 41.3 Å². The van der Waals surface area contributed by atoms with E-state index in [9.17, 15) is 9.59 Å². The molecule has 0 spiro atoms. The fourth-order valence-electron chi connectivity index (χ4n) is 3.11. The standard InChI is InChI=1S/C20H23N3O2S/c1-21-19(24)17-6-3-5-13-23(17)20(25)16-10-8-15(9-11-16)14-26-18-7-2-4-12-22-18/h2,4,7-12,17H,3,5-6,13-14H2,1H3,(H,21,24). The van der Waals surface area contributed by atoms with Gasteiger partial charge < -0.3 is 10.2 Å². The molecule has 3 rings (SSSR count). The van der Waals surface area contributed by atoms with Crippen LogP contribution in [0.5, 0.6) is 0 Å². The van der Waals surface area contributed by atoms with Gasteiger partial charge in [-0.15, -0.1) is 11.8 Å². The molecule has 6 heteroatoms. The topological polar surface area (TPSA) is 62.3 Å². The van der Waals surface area contributed by atoms with Crippen LogP contribution in [-0.2, 0) is 10.5 Å². The van der Waals surface area contributed by atoms with Crippen LogP contribution >= 0.6 is 11.8 Å². The van der Waals surface area contributed by atoms with Crippen molar-refractivity contribution >= 4 is 23.6 Å². The van der Waals surface area contributed by atoms with Gasteiger partial charge in [-0.25, -0.2) is 4.98 Å². The Morgan fingerprint density at radius 1 is 1.19 bits per heavy atom. The first-order valence-corrected chi connectivity index (χ1v) is 9.83. The largest absolute Gasteiger partial charge is 0.357 e. The van der Waals surface area contributed by atoms with Crippen molar-refractivity contribution in [2.45, 2.75) is 36.1 Å². The average molecular weight is 369 g/mol. The molecule has 0 bridgehead atoms. The Hall–Kier alpha value is -2.34. The number of hydrogen-bond donors (Lipinski definition) is 1. The summed E-state index contributed by atoms with van der Waals surface area (Å²) >= 11 is 1.66. The fourth-order valence-corrected chi connectivity index (χ4v) is 3.93. The van der Waals surface area contributed by atoms with Gasteiger partial charge in [-0.3, -0.25) is 9.59 Å². The highest BCUT2D eigenvalue weighted by atomic mass is 32.2. The summed E-state index contributed by atoms with van der Waals surface area (Å²) in [4.78, 5) is 30.9. The molecule has 0 aliphatic carbocycles. The summed E-state index contributed by atoms with van der Waals surface area (Å²) in [7, 11) is 1.62. The molecular formula is C20H23N3O2S. The van der Waals surface area contributed by atoms with Crippen LogP contribution in [0.25, 0.3) is 0 Å². The van der Waals surface area contributed by atoms with E-state index in [-0.39, 0.29) is 17.9 Å². The molecule has 1 fully saturated rings. The third kappa shape index (κ3) is 4.43. The molecule has 1 aliphatic heterocycles. The highest BCUT2D eigenvalue weighted by Gasteiger charge is 2.31. The van der Waals surface area contributed by atoms with Crippen LogP contribution in [0.15, 0.2) is 53.7 Å². The normalized spacial score (nSPS) is 17.0. The molecule has 1 aliphatic rings. The van der Waals surface area contributed by atoms with Crippen molar-refractivity contribution in [1.29, 1.82) is 0 Å². The van der Waals surface area contributed by atoms with Gasteiger partial charge in [-0.1, -0.05) is 18.2 Å². The van der Waals surface area contributed by atoms with Crippen molar-refractivity contribution in [2.75, 3.05) is 13.6 Å². The van der Waals surface area contributed by atoms with Crippen molar-refractivity contribution in [1.82, 2.24) is 15.2 Å². The number of likely N-dealkylation sites (N-methyl/N-ethyl adjacent to an activating group) is 1. The number of likely N-dealkylation sites (tertiary alicyclic amines) is 1. The van der Waals surface area contributed by atoms with Crippen molar-refractivity contribution in [2.24, 2.45) is 0 Å². The molecule has 1 N–H and O–H groups in total. The van der Waals surface area contributed by atoms with Crippen LogP contribution in [0, 0.1) is 0 Å². The maximum atomic E-state index is 12.9. The number of thioether (sulfide) groups is 1. The first kappa shape index (κ1) is 18.5. The summed E-state index contributed by atoms with van der Waals surface area (Å²) in [5, 5.41) is 3.65. The van der Waals surface area contributed by atoms with Gasteiger partial charge in [-0.2, -0.15) is 0 Å². The van der Waals surface area contributed by atoms with Crippen LogP contribution in [0.2, 0.25) is 0 Å². The summed E-state index contributed by atoms with van der Waals surface area (Å²) in [5.41, 5.74) is 1.77. The van der Waals surface area contributed by atoms with E-state index in [2.05, 4.69) is 10.3 Å². The zero-order valence-corrected chi connectivity index (χ0v) is 15.7. The molecule has 0 saturated carbocycles. The summed E-state index contributed by atoms with van der Waals surface area (Å²) in [6.45, 7) is 0.633. The van der Waals surface area contributed by atoms with Gasteiger partial charge in [0, 0.05) is 31.1 Å². The van der Waals surface area contributed by atoms with E-state index in [1.807, 2.05) is 42.5 Å². The lowest BCUT2D eigenvalue weighted by molar-refractivity contribution is -0.126. The molecule has 5 nitrogen and oxygen atoms in total. The van der Waals surface area contributed by atoms with Crippen molar-refractivity contribution in [3.05, 3.63) is 59.8 Å². The Labute approximate surface area is 158 Å². The maximum Gasteiger partial charge on any atom is 0.254 e. The van der Waals surface area contributed by atoms with Gasteiger partial charge in [0.1, 0.15) is 6.04 Å². The Kier molecular flexibility index (Phi) is 6.28. The van der Waals surface area contributed by atoms with Crippen LogP contribution in [0.3, 0.4) is 0 Å². The highest BCUT2D eigenvalue weighted by Crippen LogP contribution is 2.23. The lowest BCUT2D eigenvalue weighted by Gasteiger charge is -2.34. The molecule has 136 valence electrons. The Morgan fingerprint density at radius 2 is 2.00 bits per heavy atom. The highest BCUT2D eigenvalue weighted by molar-refractivity contribution is 7.98.